The van der Waals surface area contributed by atoms with Crippen molar-refractivity contribution < 1.29 is 13.2 Å². The number of alkyl halides is 3. The lowest BCUT2D eigenvalue weighted by atomic mass is 10.1. The number of unbranched alkanes of at least 4 members (excludes halogenated alkanes) is 2. The van der Waals surface area contributed by atoms with Crippen LogP contribution in [-0.4, -0.2) is 7.05 Å². The summed E-state index contributed by atoms with van der Waals surface area (Å²) >= 11 is 1.68. The summed E-state index contributed by atoms with van der Waals surface area (Å²) in [6, 6.07) is 5.40. The van der Waals surface area contributed by atoms with Crippen molar-refractivity contribution in [1.29, 1.82) is 0 Å². The zero-order chi connectivity index (χ0) is 15.7. The van der Waals surface area contributed by atoms with Crippen LogP contribution in [0.5, 0.6) is 0 Å². The van der Waals surface area contributed by atoms with E-state index >= 15 is 0 Å². The van der Waals surface area contributed by atoms with Gasteiger partial charge in [-0.15, -0.1) is 11.8 Å². The maximum atomic E-state index is 12.5. The first kappa shape index (κ1) is 18.0. The Morgan fingerprint density at radius 1 is 1.19 bits per heavy atom. The lowest BCUT2D eigenvalue weighted by Gasteiger charge is -2.09. The van der Waals surface area contributed by atoms with E-state index in [-0.39, 0.29) is 0 Å². The largest absolute Gasteiger partial charge is 0.416 e. The maximum Gasteiger partial charge on any atom is 0.416 e. The van der Waals surface area contributed by atoms with Crippen LogP contribution < -0.4 is 5.32 Å². The molecule has 0 bridgehead atoms. The van der Waals surface area contributed by atoms with E-state index in [0.29, 0.717) is 5.75 Å². The van der Waals surface area contributed by atoms with Crippen LogP contribution in [0.15, 0.2) is 35.4 Å². The Morgan fingerprint density at radius 2 is 1.86 bits per heavy atom. The molecule has 0 atom stereocenters. The third kappa shape index (κ3) is 6.93. The van der Waals surface area contributed by atoms with Gasteiger partial charge in [-0.1, -0.05) is 31.9 Å². The fourth-order valence-electron chi connectivity index (χ4n) is 1.86. The second-order valence-electron chi connectivity index (χ2n) is 4.84. The maximum absolute atomic E-state index is 12.5. The van der Waals surface area contributed by atoms with E-state index in [1.165, 1.54) is 17.7 Å². The van der Waals surface area contributed by atoms with Crippen molar-refractivity contribution >= 4 is 11.8 Å². The molecule has 0 fully saturated rings. The molecule has 0 spiro atoms. The third-order valence-electron chi connectivity index (χ3n) is 3.04. The van der Waals surface area contributed by atoms with Crippen LogP contribution in [0.2, 0.25) is 0 Å². The second-order valence-corrected chi connectivity index (χ2v) is 5.94. The van der Waals surface area contributed by atoms with Crippen LogP contribution in [0.1, 0.15) is 43.7 Å². The minimum absolute atomic E-state index is 0.592. The van der Waals surface area contributed by atoms with E-state index in [2.05, 4.69) is 12.2 Å². The van der Waals surface area contributed by atoms with Crippen molar-refractivity contribution in [3.05, 3.63) is 46.5 Å². The number of rotatable bonds is 8. The van der Waals surface area contributed by atoms with Gasteiger partial charge in [-0.3, -0.25) is 0 Å². The fourth-order valence-corrected chi connectivity index (χ4v) is 2.90. The lowest BCUT2D eigenvalue weighted by molar-refractivity contribution is -0.137. The molecule has 0 aliphatic carbocycles. The van der Waals surface area contributed by atoms with Gasteiger partial charge in [0.2, 0.25) is 0 Å². The summed E-state index contributed by atoms with van der Waals surface area (Å²) in [4.78, 5) is 1.24. The van der Waals surface area contributed by atoms with Gasteiger partial charge < -0.3 is 5.32 Å². The second kappa shape index (κ2) is 9.03. The number of allylic oxidation sites excluding steroid dienone is 1. The zero-order valence-corrected chi connectivity index (χ0v) is 13.3. The third-order valence-corrected chi connectivity index (χ3v) is 4.21. The molecule has 0 saturated heterocycles. The van der Waals surface area contributed by atoms with E-state index in [1.54, 1.807) is 23.9 Å². The number of hydrogen-bond acceptors (Lipinski definition) is 2. The minimum Gasteiger partial charge on any atom is -0.393 e. The van der Waals surface area contributed by atoms with Crippen molar-refractivity contribution in [2.75, 3.05) is 7.05 Å². The summed E-state index contributed by atoms with van der Waals surface area (Å²) in [6.07, 6.45) is 2.25. The van der Waals surface area contributed by atoms with Gasteiger partial charge in [-0.2, -0.15) is 13.2 Å². The normalized spacial score (nSPS) is 12.5. The Labute approximate surface area is 129 Å². The topological polar surface area (TPSA) is 12.0 Å². The van der Waals surface area contributed by atoms with E-state index in [4.69, 9.17) is 0 Å². The van der Waals surface area contributed by atoms with E-state index in [0.717, 1.165) is 30.5 Å². The number of halogens is 3. The van der Waals surface area contributed by atoms with Crippen LogP contribution in [0, 0.1) is 0 Å². The number of hydrogen-bond donors (Lipinski definition) is 1. The van der Waals surface area contributed by atoms with Crippen LogP contribution in [0.4, 0.5) is 13.2 Å². The molecule has 1 N–H and O–H groups in total. The summed E-state index contributed by atoms with van der Waals surface area (Å²) < 4.78 is 37.5. The molecule has 1 aromatic rings. The average Bonchev–Trinajstić information content (AvgIpc) is 2.44. The summed E-state index contributed by atoms with van der Waals surface area (Å²) in [7, 11) is 1.86. The lowest BCUT2D eigenvalue weighted by Crippen LogP contribution is -2.04. The number of thioether (sulfide) groups is 1. The Bertz CT molecular complexity index is 438. The molecule has 0 aliphatic rings. The fraction of sp³-hybridized carbons (Fsp3) is 0.500. The number of nitrogens with one attached hydrogen (secondary N) is 1. The van der Waals surface area contributed by atoms with Gasteiger partial charge in [-0.05, 0) is 30.5 Å². The quantitative estimate of drug-likeness (QED) is 0.628. The molecule has 118 valence electrons. The van der Waals surface area contributed by atoms with Crippen molar-refractivity contribution in [2.24, 2.45) is 0 Å². The van der Waals surface area contributed by atoms with E-state index in [9.17, 15) is 13.2 Å². The van der Waals surface area contributed by atoms with Gasteiger partial charge in [0.05, 0.1) is 5.56 Å². The molecular formula is C16H22F3NS. The molecule has 1 rings (SSSR count). The highest BCUT2D eigenvalue weighted by molar-refractivity contribution is 8.02. The van der Waals surface area contributed by atoms with Gasteiger partial charge in [0.15, 0.2) is 0 Å². The molecule has 1 aromatic carbocycles. The molecule has 21 heavy (non-hydrogen) atoms. The zero-order valence-electron chi connectivity index (χ0n) is 12.5. The molecule has 0 heterocycles. The molecular weight excluding hydrogens is 295 g/mol. The molecule has 0 radical (unpaired) electrons. The molecule has 0 unspecified atom stereocenters. The average molecular weight is 317 g/mol. The van der Waals surface area contributed by atoms with Crippen molar-refractivity contribution in [3.63, 3.8) is 0 Å². The van der Waals surface area contributed by atoms with Crippen molar-refractivity contribution in [3.8, 4) is 0 Å². The van der Waals surface area contributed by atoms with Gasteiger partial charge >= 0.3 is 6.18 Å². The first-order valence-electron chi connectivity index (χ1n) is 7.12. The van der Waals surface area contributed by atoms with Crippen molar-refractivity contribution in [1.82, 2.24) is 5.32 Å². The Balaban J connectivity index is 2.54. The smallest absolute Gasteiger partial charge is 0.393 e. The molecule has 1 nitrogen and oxygen atoms in total. The molecule has 0 saturated carbocycles. The summed E-state index contributed by atoms with van der Waals surface area (Å²) in [5, 5.41) is 3.03. The Morgan fingerprint density at radius 3 is 2.38 bits per heavy atom. The minimum atomic E-state index is -4.26. The highest BCUT2D eigenvalue weighted by atomic mass is 32.2. The summed E-state index contributed by atoms with van der Waals surface area (Å²) in [5.74, 6) is 0.692. The Kier molecular flexibility index (Phi) is 7.72. The predicted octanol–water partition coefficient (Wildman–Crippen LogP) is 5.58. The summed E-state index contributed by atoms with van der Waals surface area (Å²) in [5.41, 5.74) is 0.315. The predicted molar refractivity (Wildman–Crippen MR) is 84.0 cm³/mol. The van der Waals surface area contributed by atoms with E-state index < -0.39 is 11.7 Å². The van der Waals surface area contributed by atoms with Crippen LogP contribution in [0.3, 0.4) is 0 Å². The Hall–Kier alpha value is -1.10. The standard InChI is InChI=1S/C16H22F3NS/c1-3-4-5-6-15(11-20-2)21-12-13-7-9-14(10-8-13)16(17,18)19/h7-11,20H,3-6,12H2,1-2H3/b15-11-. The molecule has 5 heteroatoms. The highest BCUT2D eigenvalue weighted by Crippen LogP contribution is 2.30. The van der Waals surface area contributed by atoms with Gasteiger partial charge in [-0.25, -0.2) is 0 Å². The first-order valence-corrected chi connectivity index (χ1v) is 8.11. The van der Waals surface area contributed by atoms with Crippen LogP contribution >= 0.6 is 11.8 Å². The highest BCUT2D eigenvalue weighted by Gasteiger charge is 2.29. The molecule has 0 amide bonds. The van der Waals surface area contributed by atoms with E-state index in [1.807, 2.05) is 13.2 Å². The van der Waals surface area contributed by atoms with Gasteiger partial charge in [0.25, 0.3) is 0 Å². The molecule has 0 aliphatic heterocycles. The number of benzene rings is 1. The van der Waals surface area contributed by atoms with Gasteiger partial charge in [0, 0.05) is 23.9 Å². The van der Waals surface area contributed by atoms with Crippen LogP contribution in [-0.2, 0) is 11.9 Å². The monoisotopic (exact) mass is 317 g/mol. The molecule has 0 aromatic heterocycles. The van der Waals surface area contributed by atoms with Crippen LogP contribution in [0.25, 0.3) is 0 Å². The summed E-state index contributed by atoms with van der Waals surface area (Å²) in [6.45, 7) is 2.16. The van der Waals surface area contributed by atoms with Crippen molar-refractivity contribution in [2.45, 2.75) is 44.5 Å². The SMILES string of the molecule is CCCCC/C(=C/NC)SCc1ccc(C(F)(F)F)cc1. The first-order chi connectivity index (χ1) is 9.97. The van der Waals surface area contributed by atoms with Gasteiger partial charge in [0.1, 0.15) is 0 Å².